The molecule has 178 valence electrons. The molecule has 1 N–H and O–H groups in total. The second-order valence-corrected chi connectivity index (χ2v) is 11.4. The molecule has 12 heteroatoms. The third-order valence-corrected chi connectivity index (χ3v) is 7.60. The molecule has 1 aliphatic rings. The van der Waals surface area contributed by atoms with Crippen molar-refractivity contribution in [3.05, 3.63) is 40.1 Å². The number of imidazole rings is 1. The lowest BCUT2D eigenvalue weighted by atomic mass is 9.83. The van der Waals surface area contributed by atoms with E-state index in [9.17, 15) is 13.2 Å². The molecule has 10 nitrogen and oxygen atoms in total. The molecule has 0 saturated heterocycles. The minimum atomic E-state index is -3.52. The first-order chi connectivity index (χ1) is 16.2. The van der Waals surface area contributed by atoms with E-state index in [0.29, 0.717) is 28.3 Å². The first kappa shape index (κ1) is 22.7. The minimum absolute atomic E-state index is 0.0503. The number of sulfone groups is 1. The van der Waals surface area contributed by atoms with Gasteiger partial charge in [0.05, 0.1) is 11.2 Å². The van der Waals surface area contributed by atoms with Gasteiger partial charge in [0.25, 0.3) is 0 Å². The Balaban J connectivity index is 1.69. The first-order valence-corrected chi connectivity index (χ1v) is 13.2. The van der Waals surface area contributed by atoms with Crippen LogP contribution in [0.1, 0.15) is 32.6 Å². The van der Waals surface area contributed by atoms with Crippen molar-refractivity contribution in [1.29, 1.82) is 0 Å². The van der Waals surface area contributed by atoms with Crippen LogP contribution in [0, 0.1) is 11.8 Å². The van der Waals surface area contributed by atoms with Crippen LogP contribution in [-0.2, 0) is 16.4 Å². The van der Waals surface area contributed by atoms with Gasteiger partial charge in [0.15, 0.2) is 15.5 Å². The molecule has 1 aromatic carbocycles. The number of benzene rings is 1. The molecule has 0 bridgehead atoms. The molecule has 5 rings (SSSR count). The van der Waals surface area contributed by atoms with E-state index in [4.69, 9.17) is 11.6 Å². The Bertz CT molecular complexity index is 1530. The lowest BCUT2D eigenvalue weighted by Gasteiger charge is -2.26. The van der Waals surface area contributed by atoms with Crippen molar-refractivity contribution < 1.29 is 12.9 Å². The van der Waals surface area contributed by atoms with Crippen LogP contribution in [0.5, 0.6) is 0 Å². The molecule has 1 saturated carbocycles. The van der Waals surface area contributed by atoms with E-state index in [-0.39, 0.29) is 21.6 Å². The van der Waals surface area contributed by atoms with E-state index in [0.717, 1.165) is 31.6 Å². The predicted molar refractivity (Wildman–Crippen MR) is 126 cm³/mol. The highest BCUT2D eigenvalue weighted by atomic mass is 35.5. The Kier molecular flexibility index (Phi) is 5.76. The maximum Gasteiger partial charge on any atom is 0.439 e. The van der Waals surface area contributed by atoms with Gasteiger partial charge in [-0.3, -0.25) is 9.51 Å². The summed E-state index contributed by atoms with van der Waals surface area (Å²) in [7, 11) is -3.52. The highest BCUT2D eigenvalue weighted by molar-refractivity contribution is 7.90. The molecule has 0 amide bonds. The van der Waals surface area contributed by atoms with Crippen molar-refractivity contribution >= 4 is 32.6 Å². The zero-order chi connectivity index (χ0) is 24.0. The maximum atomic E-state index is 12.3. The first-order valence-electron chi connectivity index (χ1n) is 11.0. The van der Waals surface area contributed by atoms with Crippen LogP contribution in [0.2, 0.25) is 5.02 Å². The molecule has 0 atom stereocenters. The normalized spacial score (nSPS) is 19.0. The fourth-order valence-corrected chi connectivity index (χ4v) is 5.44. The molecule has 3 heterocycles. The van der Waals surface area contributed by atoms with Gasteiger partial charge in [-0.25, -0.2) is 28.2 Å². The number of nitrogens with zero attached hydrogens (tertiary/aromatic N) is 5. The predicted octanol–water partition coefficient (Wildman–Crippen LogP) is 3.72. The van der Waals surface area contributed by atoms with E-state index in [1.165, 1.54) is 25.0 Å². The van der Waals surface area contributed by atoms with E-state index in [1.807, 2.05) is 4.57 Å². The maximum absolute atomic E-state index is 12.3. The smallest absolute Gasteiger partial charge is 0.327 e. The summed E-state index contributed by atoms with van der Waals surface area (Å²) in [5.74, 6) is 0.654. The number of H-pyrrole nitrogens is 1. The number of halogens is 1. The molecule has 0 radical (unpaired) electrons. The van der Waals surface area contributed by atoms with Crippen LogP contribution in [0.15, 0.2) is 38.7 Å². The Hall–Kier alpha value is -3.05. The second kappa shape index (κ2) is 8.62. The Morgan fingerprint density at radius 3 is 2.62 bits per heavy atom. The summed E-state index contributed by atoms with van der Waals surface area (Å²) < 4.78 is 31.1. The number of fused-ring (bicyclic) bond motifs is 1. The highest BCUT2D eigenvalue weighted by Crippen LogP contribution is 2.34. The van der Waals surface area contributed by atoms with Crippen LogP contribution in [0.3, 0.4) is 0 Å². The molecular weight excluding hydrogens is 480 g/mol. The molecule has 1 fully saturated rings. The van der Waals surface area contributed by atoms with Crippen molar-refractivity contribution in [1.82, 2.24) is 29.7 Å². The molecule has 34 heavy (non-hydrogen) atoms. The summed E-state index contributed by atoms with van der Waals surface area (Å²) in [5, 5.41) is 3.94. The van der Waals surface area contributed by atoms with Crippen LogP contribution >= 0.6 is 11.6 Å². The number of nitrogens with one attached hydrogen (secondary N) is 1. The molecule has 0 spiro atoms. The van der Waals surface area contributed by atoms with Crippen molar-refractivity contribution in [3.8, 4) is 22.9 Å². The summed E-state index contributed by atoms with van der Waals surface area (Å²) in [6.45, 7) is 3.03. The average Bonchev–Trinajstić information content (AvgIpc) is 3.40. The zero-order valence-electron chi connectivity index (χ0n) is 18.7. The zero-order valence-corrected chi connectivity index (χ0v) is 20.2. The topological polar surface area (TPSA) is 137 Å². The SMILES string of the molecule is CS(=O)(=O)c1cc(Cl)cc(-c2nc(-c3noc(=O)[nH]3)nc3ncn(C[C@H]4CC[C@H](C)CC4)c23)c1. The van der Waals surface area contributed by atoms with Gasteiger partial charge in [0.2, 0.25) is 11.6 Å². The number of hydrogen-bond donors (Lipinski definition) is 1. The fourth-order valence-electron chi connectivity index (χ4n) is 4.45. The van der Waals surface area contributed by atoms with Gasteiger partial charge < -0.3 is 4.57 Å². The number of hydrogen-bond acceptors (Lipinski definition) is 8. The van der Waals surface area contributed by atoms with Gasteiger partial charge in [-0.2, -0.15) is 0 Å². The van der Waals surface area contributed by atoms with Crippen LogP contribution in [0.4, 0.5) is 0 Å². The molecular formula is C22H23ClN6O4S. The van der Waals surface area contributed by atoms with Crippen molar-refractivity contribution in [2.24, 2.45) is 11.8 Å². The third-order valence-electron chi connectivity index (χ3n) is 6.29. The Morgan fingerprint density at radius 1 is 1.18 bits per heavy atom. The van der Waals surface area contributed by atoms with E-state index < -0.39 is 15.6 Å². The highest BCUT2D eigenvalue weighted by Gasteiger charge is 2.23. The molecule has 4 aromatic rings. The minimum Gasteiger partial charge on any atom is -0.327 e. The quantitative estimate of drug-likeness (QED) is 0.436. The lowest BCUT2D eigenvalue weighted by molar-refractivity contribution is 0.266. The Labute approximate surface area is 200 Å². The van der Waals surface area contributed by atoms with Gasteiger partial charge >= 0.3 is 5.76 Å². The molecule has 0 unspecified atom stereocenters. The molecule has 3 aromatic heterocycles. The standard InChI is InChI=1S/C22H23ClN6O4S/c1-12-3-5-13(6-4-12)10-29-11-24-19-18(29)17(25-20(26-19)21-27-22(30)33-28-21)14-7-15(23)9-16(8-14)34(2,31)32/h7-9,11-13H,3-6,10H2,1-2H3,(H,27,28,30)/t12-,13-. The van der Waals surface area contributed by atoms with Crippen molar-refractivity contribution in [2.75, 3.05) is 6.26 Å². The number of aromatic amines is 1. The molecule has 1 aliphatic carbocycles. The van der Waals surface area contributed by atoms with E-state index in [2.05, 4.69) is 36.5 Å². The average molecular weight is 503 g/mol. The van der Waals surface area contributed by atoms with Gasteiger partial charge in [-0.05, 0) is 42.9 Å². The van der Waals surface area contributed by atoms with Gasteiger partial charge in [0, 0.05) is 23.4 Å². The number of rotatable bonds is 5. The van der Waals surface area contributed by atoms with Gasteiger partial charge in [-0.1, -0.05) is 36.5 Å². The summed E-state index contributed by atoms with van der Waals surface area (Å²) in [4.78, 5) is 27.6. The van der Waals surface area contributed by atoms with Crippen LogP contribution in [0.25, 0.3) is 34.1 Å². The summed E-state index contributed by atoms with van der Waals surface area (Å²) in [5.41, 5.74) is 1.99. The number of aromatic nitrogens is 6. The van der Waals surface area contributed by atoms with Gasteiger partial charge in [0.1, 0.15) is 11.2 Å². The third kappa shape index (κ3) is 4.49. The lowest BCUT2D eigenvalue weighted by Crippen LogP contribution is -2.17. The Morgan fingerprint density at radius 2 is 1.94 bits per heavy atom. The second-order valence-electron chi connectivity index (χ2n) is 8.98. The fraction of sp³-hybridized carbons (Fsp3) is 0.409. The van der Waals surface area contributed by atoms with E-state index in [1.54, 1.807) is 12.4 Å². The van der Waals surface area contributed by atoms with E-state index >= 15 is 0 Å². The largest absolute Gasteiger partial charge is 0.439 e. The van der Waals surface area contributed by atoms with Crippen molar-refractivity contribution in [3.63, 3.8) is 0 Å². The van der Waals surface area contributed by atoms with Crippen LogP contribution in [-0.4, -0.2) is 44.3 Å². The molecule has 0 aliphatic heterocycles. The van der Waals surface area contributed by atoms with Crippen LogP contribution < -0.4 is 5.76 Å². The summed E-state index contributed by atoms with van der Waals surface area (Å²) in [6.07, 6.45) is 7.48. The monoisotopic (exact) mass is 502 g/mol. The summed E-state index contributed by atoms with van der Waals surface area (Å²) >= 11 is 6.30. The summed E-state index contributed by atoms with van der Waals surface area (Å²) in [6, 6.07) is 4.57. The van der Waals surface area contributed by atoms with Crippen molar-refractivity contribution in [2.45, 2.75) is 44.0 Å². The van der Waals surface area contributed by atoms with Gasteiger partial charge in [-0.15, -0.1) is 0 Å².